The number of pyridine rings is 1. The van der Waals surface area contributed by atoms with Gasteiger partial charge in [-0.05, 0) is 28.4 Å². The number of aromatic amines is 1. The summed E-state index contributed by atoms with van der Waals surface area (Å²) in [6.07, 6.45) is 3.75. The highest BCUT2D eigenvalue weighted by molar-refractivity contribution is 8.56. The van der Waals surface area contributed by atoms with Crippen LogP contribution < -0.4 is 15.2 Å². The fraction of sp³-hybridized carbons (Fsp3) is 0. The van der Waals surface area contributed by atoms with Gasteiger partial charge in [0.05, 0.1) is 11.4 Å². The molecule has 0 fully saturated rings. The van der Waals surface area contributed by atoms with Gasteiger partial charge in [-0.1, -0.05) is 42.1 Å². The Morgan fingerprint density at radius 1 is 0.857 bits per heavy atom. The predicted molar refractivity (Wildman–Crippen MR) is 95.8 cm³/mol. The van der Waals surface area contributed by atoms with Crippen LogP contribution in [0, 0.1) is 0 Å². The first-order valence-corrected chi connectivity index (χ1v) is 10.3. The normalized spacial score (nSPS) is 14.3. The van der Waals surface area contributed by atoms with Gasteiger partial charge in [-0.15, -0.1) is 0 Å². The standard InChI is InChI=1S/C10H9N2PS2.C5H5N/c14-13(15)11-9-5-7-3-1-2-4-8(7)6-10(9)12-13;1-2-4-6-5-3-1/h1-6H,(H3,11,12,14,15);1-5H. The van der Waals surface area contributed by atoms with Crippen molar-refractivity contribution >= 4 is 51.7 Å². The summed E-state index contributed by atoms with van der Waals surface area (Å²) in [5, 5.41) is 8.80. The van der Waals surface area contributed by atoms with Crippen LogP contribution in [-0.4, -0.2) is 0 Å². The molecule has 0 aliphatic carbocycles. The molecular weight excluding hydrogens is 317 g/mol. The van der Waals surface area contributed by atoms with E-state index in [4.69, 9.17) is 24.1 Å². The molecule has 3 aromatic rings. The number of hydrogen-bond donors (Lipinski definition) is 2. The van der Waals surface area contributed by atoms with Crippen molar-refractivity contribution in [3.63, 3.8) is 0 Å². The number of hydrogen-bond acceptors (Lipinski definition) is 2. The summed E-state index contributed by atoms with van der Waals surface area (Å²) in [6.45, 7) is 0. The van der Waals surface area contributed by atoms with E-state index in [2.05, 4.69) is 39.4 Å². The quantitative estimate of drug-likeness (QED) is 0.483. The summed E-state index contributed by atoms with van der Waals surface area (Å²) in [6, 6.07) is 18.3. The van der Waals surface area contributed by atoms with Crippen molar-refractivity contribution in [1.82, 2.24) is 0 Å². The number of rotatable bonds is 0. The first kappa shape index (κ1) is 14.4. The van der Waals surface area contributed by atoms with Crippen LogP contribution in [0.5, 0.6) is 0 Å². The van der Waals surface area contributed by atoms with E-state index in [1.54, 1.807) is 0 Å². The van der Waals surface area contributed by atoms with Crippen molar-refractivity contribution in [3.8, 4) is 0 Å². The van der Waals surface area contributed by atoms with Gasteiger partial charge in [0, 0.05) is 12.1 Å². The fourth-order valence-corrected chi connectivity index (χ4v) is 4.35. The summed E-state index contributed by atoms with van der Waals surface area (Å²) < 4.78 is 0. The third-order valence-electron chi connectivity index (χ3n) is 3.03. The predicted octanol–water partition coefficient (Wildman–Crippen LogP) is 3.95. The van der Waals surface area contributed by atoms with Crippen molar-refractivity contribution in [2.24, 2.45) is 0 Å². The van der Waals surface area contributed by atoms with Gasteiger partial charge in [0.15, 0.2) is 12.4 Å². The van der Waals surface area contributed by atoms with E-state index >= 15 is 0 Å². The molecule has 6 heteroatoms. The van der Waals surface area contributed by atoms with Gasteiger partial charge in [0.25, 0.3) is 0 Å². The van der Waals surface area contributed by atoms with Gasteiger partial charge in [-0.25, -0.2) is 4.98 Å². The Balaban J connectivity index is 0.000000186. The van der Waals surface area contributed by atoms with Crippen LogP contribution in [0.25, 0.3) is 10.8 Å². The van der Waals surface area contributed by atoms with Crippen LogP contribution in [0.4, 0.5) is 11.4 Å². The maximum atomic E-state index is 5.26. The van der Waals surface area contributed by atoms with Gasteiger partial charge in [-0.2, -0.15) is 0 Å². The van der Waals surface area contributed by atoms with E-state index in [-0.39, 0.29) is 0 Å². The molecule has 0 saturated heterocycles. The topological polar surface area (TPSA) is 38.2 Å². The first-order chi connectivity index (χ1) is 10.1. The lowest BCUT2D eigenvalue weighted by molar-refractivity contribution is -0.377. The molecule has 0 spiro atoms. The molecule has 0 saturated carbocycles. The number of aromatic nitrogens is 1. The van der Waals surface area contributed by atoms with Crippen LogP contribution in [0.3, 0.4) is 0 Å². The third-order valence-corrected chi connectivity index (χ3v) is 5.19. The summed E-state index contributed by atoms with van der Waals surface area (Å²) in [4.78, 5) is 2.89. The molecule has 2 heterocycles. The fourth-order valence-electron chi connectivity index (χ4n) is 2.11. The van der Waals surface area contributed by atoms with Gasteiger partial charge >= 0.3 is 0 Å². The highest BCUT2D eigenvalue weighted by atomic mass is 32.9. The van der Waals surface area contributed by atoms with Crippen LogP contribution in [0.2, 0.25) is 0 Å². The zero-order valence-electron chi connectivity index (χ0n) is 11.1. The van der Waals surface area contributed by atoms with E-state index in [0.29, 0.717) is 0 Å². The van der Waals surface area contributed by atoms with Gasteiger partial charge < -0.3 is 22.4 Å². The molecule has 0 bridgehead atoms. The molecule has 4 rings (SSSR count). The highest BCUT2D eigenvalue weighted by Crippen LogP contribution is 2.53. The minimum Gasteiger partial charge on any atom is -0.705 e. The van der Waals surface area contributed by atoms with E-state index in [1.165, 1.54) is 10.8 Å². The Morgan fingerprint density at radius 2 is 1.38 bits per heavy atom. The van der Waals surface area contributed by atoms with Gasteiger partial charge in [-0.3, -0.25) is 0 Å². The van der Waals surface area contributed by atoms with Crippen LogP contribution in [0.15, 0.2) is 67.0 Å². The first-order valence-electron chi connectivity index (χ1n) is 6.46. The molecule has 3 nitrogen and oxygen atoms in total. The molecule has 1 aliphatic rings. The Hall–Kier alpha value is -1.55. The van der Waals surface area contributed by atoms with Gasteiger partial charge in [0.1, 0.15) is 0 Å². The molecule has 3 N–H and O–H groups in total. The highest BCUT2D eigenvalue weighted by Gasteiger charge is 2.15. The maximum absolute atomic E-state index is 5.26. The molecule has 0 unspecified atom stereocenters. The number of benzene rings is 2. The molecule has 106 valence electrons. The van der Waals surface area contributed by atoms with E-state index in [0.717, 1.165) is 11.4 Å². The lowest BCUT2D eigenvalue weighted by Crippen LogP contribution is -1.93. The monoisotopic (exact) mass is 331 g/mol. The maximum Gasteiger partial charge on any atom is 0.166 e. The van der Waals surface area contributed by atoms with E-state index < -0.39 is 5.54 Å². The lowest BCUT2D eigenvalue weighted by Gasteiger charge is -2.23. The van der Waals surface area contributed by atoms with Crippen molar-refractivity contribution < 1.29 is 4.98 Å². The zero-order chi connectivity index (χ0) is 14.7. The Kier molecular flexibility index (Phi) is 4.15. The minimum absolute atomic E-state index is 1.03. The molecule has 1 aliphatic heterocycles. The molecule has 21 heavy (non-hydrogen) atoms. The summed E-state index contributed by atoms with van der Waals surface area (Å²) in [7, 11) is 0. The molecule has 1 aromatic heterocycles. The Labute approximate surface area is 134 Å². The van der Waals surface area contributed by atoms with Crippen molar-refractivity contribution in [3.05, 3.63) is 67.0 Å². The lowest BCUT2D eigenvalue weighted by atomic mass is 10.1. The van der Waals surface area contributed by atoms with Crippen LogP contribution >= 0.6 is 5.54 Å². The molecule has 0 amide bonds. The number of fused-ring (bicyclic) bond motifs is 2. The van der Waals surface area contributed by atoms with Crippen molar-refractivity contribution in [2.45, 2.75) is 0 Å². The van der Waals surface area contributed by atoms with E-state index in [9.17, 15) is 0 Å². The van der Waals surface area contributed by atoms with Crippen LogP contribution in [-0.2, 0) is 24.1 Å². The molecular formula is C15H14N3PS2. The molecule has 0 radical (unpaired) electrons. The second kappa shape index (κ2) is 6.06. The Morgan fingerprint density at radius 3 is 1.76 bits per heavy atom. The minimum atomic E-state index is -2.00. The largest absolute Gasteiger partial charge is 0.705 e. The Bertz CT molecular complexity index is 733. The van der Waals surface area contributed by atoms with Crippen LogP contribution in [0.1, 0.15) is 0 Å². The third kappa shape index (κ3) is 3.56. The van der Waals surface area contributed by atoms with E-state index in [1.807, 2.05) is 42.7 Å². The molecule has 2 aromatic carbocycles. The SMILES string of the molecule is S=P1([S-])Nc2cc3ccccc3cc2N1.c1cc[nH+]cc1. The zero-order valence-corrected chi connectivity index (χ0v) is 13.6. The smallest absolute Gasteiger partial charge is 0.166 e. The average molecular weight is 331 g/mol. The summed E-state index contributed by atoms with van der Waals surface area (Å²) in [5.74, 6) is 0. The second-order valence-electron chi connectivity index (χ2n) is 4.60. The summed E-state index contributed by atoms with van der Waals surface area (Å²) in [5.41, 5.74) is 0.0717. The molecule has 0 atom stereocenters. The number of anilines is 2. The second-order valence-corrected chi connectivity index (χ2v) is 10.1. The average Bonchev–Trinajstić information content (AvgIpc) is 2.80. The number of nitrogens with one attached hydrogen (secondary N) is 3. The van der Waals surface area contributed by atoms with Gasteiger partial charge in [0.2, 0.25) is 0 Å². The summed E-state index contributed by atoms with van der Waals surface area (Å²) >= 11 is 10.5. The number of H-pyrrole nitrogens is 1. The van der Waals surface area contributed by atoms with Crippen molar-refractivity contribution in [1.29, 1.82) is 0 Å². The van der Waals surface area contributed by atoms with Crippen molar-refractivity contribution in [2.75, 3.05) is 10.2 Å².